The molecule has 0 aliphatic carbocycles. The van der Waals surface area contributed by atoms with Gasteiger partial charge in [0.15, 0.2) is 0 Å². The molecule has 5 N–H and O–H groups in total. The maximum atomic E-state index is 13.3. The van der Waals surface area contributed by atoms with Gasteiger partial charge < -0.3 is 21.5 Å². The van der Waals surface area contributed by atoms with Crippen molar-refractivity contribution in [1.82, 2.24) is 15.6 Å². The number of fused-ring (bicyclic) bond motifs is 1. The monoisotopic (exact) mass is 468 g/mol. The van der Waals surface area contributed by atoms with Crippen LogP contribution >= 0.6 is 0 Å². The van der Waals surface area contributed by atoms with Gasteiger partial charge in [-0.3, -0.25) is 9.59 Å². The molecule has 35 heavy (non-hydrogen) atoms. The van der Waals surface area contributed by atoms with Gasteiger partial charge in [0.05, 0.1) is 5.92 Å². The molecule has 0 spiro atoms. The molecular formula is C28H28N4O3. The number of nitrogen functional groups attached to an aromatic ring is 1. The van der Waals surface area contributed by atoms with Crippen molar-refractivity contribution in [1.29, 1.82) is 0 Å². The number of benzene rings is 3. The normalized spacial score (nSPS) is 12.6. The lowest BCUT2D eigenvalue weighted by Gasteiger charge is -2.21. The average Bonchev–Trinajstić information content (AvgIpc) is 2.89. The highest BCUT2D eigenvalue weighted by Gasteiger charge is 2.25. The molecule has 7 heteroatoms. The number of rotatable bonds is 9. The summed E-state index contributed by atoms with van der Waals surface area (Å²) in [6, 6.07) is 26.4. The number of aliphatic hydroxyl groups excluding tert-OH is 1. The molecule has 0 aliphatic rings. The SMILES string of the molecule is Nc1ccc(CNC(=O)C(CNC(=O)[C@H](O)Cc2ccccc2)c2cccc3ccccc23)cn1. The summed E-state index contributed by atoms with van der Waals surface area (Å²) >= 11 is 0. The first-order valence-electron chi connectivity index (χ1n) is 11.5. The number of hydrogen-bond acceptors (Lipinski definition) is 5. The van der Waals surface area contributed by atoms with Crippen molar-refractivity contribution in [3.63, 3.8) is 0 Å². The molecule has 0 fully saturated rings. The summed E-state index contributed by atoms with van der Waals surface area (Å²) in [7, 11) is 0. The third-order valence-electron chi connectivity index (χ3n) is 5.88. The van der Waals surface area contributed by atoms with E-state index in [-0.39, 0.29) is 25.4 Å². The number of hydrogen-bond donors (Lipinski definition) is 4. The second-order valence-electron chi connectivity index (χ2n) is 8.38. The van der Waals surface area contributed by atoms with Crippen LogP contribution in [0.2, 0.25) is 0 Å². The van der Waals surface area contributed by atoms with Gasteiger partial charge in [-0.2, -0.15) is 0 Å². The first-order valence-corrected chi connectivity index (χ1v) is 11.5. The summed E-state index contributed by atoms with van der Waals surface area (Å²) in [5, 5.41) is 18.1. The van der Waals surface area contributed by atoms with Crippen LogP contribution in [-0.4, -0.2) is 34.6 Å². The number of aromatic nitrogens is 1. The van der Waals surface area contributed by atoms with E-state index in [1.54, 1.807) is 18.3 Å². The Hall–Kier alpha value is -4.23. The van der Waals surface area contributed by atoms with Gasteiger partial charge in [-0.05, 0) is 33.5 Å². The lowest BCUT2D eigenvalue weighted by molar-refractivity contribution is -0.129. The number of anilines is 1. The van der Waals surface area contributed by atoms with E-state index in [4.69, 9.17) is 5.73 Å². The van der Waals surface area contributed by atoms with E-state index in [0.29, 0.717) is 5.82 Å². The number of aliphatic hydroxyl groups is 1. The number of carbonyl (C=O) groups excluding carboxylic acids is 2. The molecule has 0 radical (unpaired) electrons. The molecule has 2 atom stereocenters. The first kappa shape index (κ1) is 23.9. The molecule has 0 saturated heterocycles. The van der Waals surface area contributed by atoms with E-state index in [1.807, 2.05) is 72.8 Å². The second kappa shape index (κ2) is 11.3. The van der Waals surface area contributed by atoms with Crippen molar-refractivity contribution in [2.75, 3.05) is 12.3 Å². The summed E-state index contributed by atoms with van der Waals surface area (Å²) in [4.78, 5) is 30.1. The number of nitrogens with zero attached hydrogens (tertiary/aromatic N) is 1. The Morgan fingerprint density at radius 3 is 2.34 bits per heavy atom. The van der Waals surface area contributed by atoms with Gasteiger partial charge in [0.25, 0.3) is 0 Å². The molecule has 1 aromatic heterocycles. The Balaban J connectivity index is 1.51. The molecular weight excluding hydrogens is 440 g/mol. The predicted octanol–water partition coefficient (Wildman–Crippen LogP) is 2.94. The fraction of sp³-hybridized carbons (Fsp3) is 0.179. The first-order chi connectivity index (χ1) is 17.0. The second-order valence-corrected chi connectivity index (χ2v) is 8.38. The van der Waals surface area contributed by atoms with Crippen LogP contribution in [0.15, 0.2) is 91.1 Å². The molecule has 4 aromatic rings. The van der Waals surface area contributed by atoms with Gasteiger partial charge in [-0.1, -0.05) is 78.9 Å². The Morgan fingerprint density at radius 2 is 1.57 bits per heavy atom. The van der Waals surface area contributed by atoms with Crippen LogP contribution in [0.5, 0.6) is 0 Å². The van der Waals surface area contributed by atoms with Crippen LogP contribution in [0.3, 0.4) is 0 Å². The van der Waals surface area contributed by atoms with E-state index in [9.17, 15) is 14.7 Å². The molecule has 1 heterocycles. The molecule has 0 aliphatic heterocycles. The topological polar surface area (TPSA) is 117 Å². The van der Waals surface area contributed by atoms with E-state index in [0.717, 1.165) is 27.5 Å². The molecule has 7 nitrogen and oxygen atoms in total. The lowest BCUT2D eigenvalue weighted by Crippen LogP contribution is -2.41. The van der Waals surface area contributed by atoms with Crippen LogP contribution < -0.4 is 16.4 Å². The van der Waals surface area contributed by atoms with Gasteiger partial charge >= 0.3 is 0 Å². The summed E-state index contributed by atoms with van der Waals surface area (Å²) < 4.78 is 0. The zero-order valence-corrected chi connectivity index (χ0v) is 19.2. The lowest BCUT2D eigenvalue weighted by atomic mass is 9.92. The van der Waals surface area contributed by atoms with Gasteiger partial charge in [-0.15, -0.1) is 0 Å². The van der Waals surface area contributed by atoms with Gasteiger partial charge in [0.2, 0.25) is 11.8 Å². The third kappa shape index (κ3) is 6.22. The summed E-state index contributed by atoms with van der Waals surface area (Å²) in [5.41, 5.74) is 8.11. The molecule has 0 bridgehead atoms. The largest absolute Gasteiger partial charge is 0.384 e. The van der Waals surface area contributed by atoms with Crippen LogP contribution in [0, 0.1) is 0 Å². The van der Waals surface area contributed by atoms with E-state index in [2.05, 4.69) is 15.6 Å². The van der Waals surface area contributed by atoms with Crippen molar-refractivity contribution >= 4 is 28.4 Å². The molecule has 2 amide bonds. The van der Waals surface area contributed by atoms with Crippen molar-refractivity contribution < 1.29 is 14.7 Å². The minimum Gasteiger partial charge on any atom is -0.384 e. The van der Waals surface area contributed by atoms with E-state index < -0.39 is 17.9 Å². The van der Waals surface area contributed by atoms with E-state index in [1.165, 1.54) is 0 Å². The molecule has 3 aromatic carbocycles. The Bertz CT molecular complexity index is 1290. The van der Waals surface area contributed by atoms with Crippen LogP contribution in [0.4, 0.5) is 5.82 Å². The Morgan fingerprint density at radius 1 is 0.829 bits per heavy atom. The summed E-state index contributed by atoms with van der Waals surface area (Å²) in [6.45, 7) is 0.322. The predicted molar refractivity (Wildman–Crippen MR) is 136 cm³/mol. The summed E-state index contributed by atoms with van der Waals surface area (Å²) in [5.74, 6) is -1.01. The van der Waals surface area contributed by atoms with Crippen molar-refractivity contribution in [3.05, 3.63) is 108 Å². The standard InChI is InChI=1S/C28H28N4O3/c29-26-14-13-20(16-30-26)17-31-27(34)24(23-12-6-10-21-9-4-5-11-22(21)23)18-32-28(35)25(33)15-19-7-2-1-3-8-19/h1-14,16,24-25,33H,15,17-18H2,(H2,29,30)(H,31,34)(H,32,35)/t24?,25-/m1/s1. The minimum atomic E-state index is -1.21. The highest BCUT2D eigenvalue weighted by atomic mass is 16.3. The maximum absolute atomic E-state index is 13.3. The highest BCUT2D eigenvalue weighted by molar-refractivity contribution is 5.93. The Kier molecular flexibility index (Phi) is 7.70. The van der Waals surface area contributed by atoms with Crippen molar-refractivity contribution in [3.8, 4) is 0 Å². The van der Waals surface area contributed by atoms with Gasteiger partial charge in [0.1, 0.15) is 11.9 Å². The molecule has 0 saturated carbocycles. The average molecular weight is 469 g/mol. The van der Waals surface area contributed by atoms with Crippen LogP contribution in [-0.2, 0) is 22.6 Å². The number of carbonyl (C=O) groups is 2. The molecule has 178 valence electrons. The molecule has 4 rings (SSSR count). The molecule has 1 unspecified atom stereocenters. The number of nitrogens with two attached hydrogens (primary N) is 1. The van der Waals surface area contributed by atoms with Crippen molar-refractivity contribution in [2.45, 2.75) is 25.0 Å². The number of amides is 2. The van der Waals surface area contributed by atoms with E-state index >= 15 is 0 Å². The third-order valence-corrected chi connectivity index (χ3v) is 5.88. The van der Waals surface area contributed by atoms with Gasteiger partial charge in [-0.25, -0.2) is 4.98 Å². The minimum absolute atomic E-state index is 0.0461. The zero-order chi connectivity index (χ0) is 24.6. The quantitative estimate of drug-likeness (QED) is 0.301. The number of nitrogens with one attached hydrogen (secondary N) is 2. The van der Waals surface area contributed by atoms with Gasteiger partial charge in [0, 0.05) is 25.7 Å². The number of pyridine rings is 1. The van der Waals surface area contributed by atoms with Crippen molar-refractivity contribution in [2.24, 2.45) is 0 Å². The fourth-order valence-electron chi connectivity index (χ4n) is 4.00. The maximum Gasteiger partial charge on any atom is 0.249 e. The van der Waals surface area contributed by atoms with Crippen LogP contribution in [0.25, 0.3) is 10.8 Å². The zero-order valence-electron chi connectivity index (χ0n) is 19.2. The highest BCUT2D eigenvalue weighted by Crippen LogP contribution is 2.26. The smallest absolute Gasteiger partial charge is 0.249 e. The summed E-state index contributed by atoms with van der Waals surface area (Å²) in [6.07, 6.45) is 0.598. The fourth-order valence-corrected chi connectivity index (χ4v) is 4.00. The van der Waals surface area contributed by atoms with Crippen LogP contribution in [0.1, 0.15) is 22.6 Å². The Labute approximate surface area is 204 Å².